The van der Waals surface area contributed by atoms with Gasteiger partial charge in [0.05, 0.1) is 24.7 Å². The van der Waals surface area contributed by atoms with Gasteiger partial charge in [-0.2, -0.15) is 0 Å². The van der Waals surface area contributed by atoms with Crippen LogP contribution in [0.2, 0.25) is 5.02 Å². The number of amides is 2. The van der Waals surface area contributed by atoms with Crippen LogP contribution >= 0.6 is 11.6 Å². The Labute approximate surface area is 179 Å². The summed E-state index contributed by atoms with van der Waals surface area (Å²) in [5, 5.41) is 7.25. The molecule has 2 amide bonds. The third kappa shape index (κ3) is 4.17. The van der Waals surface area contributed by atoms with Crippen LogP contribution in [0.4, 0.5) is 0 Å². The van der Waals surface area contributed by atoms with E-state index in [-0.39, 0.29) is 24.9 Å². The van der Waals surface area contributed by atoms with Gasteiger partial charge < -0.3 is 20.0 Å². The zero-order valence-electron chi connectivity index (χ0n) is 16.9. The fourth-order valence-corrected chi connectivity index (χ4v) is 3.81. The van der Waals surface area contributed by atoms with Crippen molar-refractivity contribution in [2.24, 2.45) is 10.4 Å². The second-order valence-electron chi connectivity index (χ2n) is 7.85. The van der Waals surface area contributed by atoms with E-state index in [1.165, 1.54) is 0 Å². The smallest absolute Gasteiger partial charge is 0.246 e. The van der Waals surface area contributed by atoms with Gasteiger partial charge in [-0.15, -0.1) is 0 Å². The van der Waals surface area contributed by atoms with Gasteiger partial charge in [0, 0.05) is 36.0 Å². The van der Waals surface area contributed by atoms with Crippen molar-refractivity contribution in [3.05, 3.63) is 58.8 Å². The number of dihydropyridines is 1. The van der Waals surface area contributed by atoms with E-state index in [0.717, 1.165) is 11.0 Å². The number of nitrogens with zero attached hydrogens (tertiary/aromatic N) is 2. The van der Waals surface area contributed by atoms with Crippen LogP contribution in [0.5, 0.6) is 0 Å². The number of aliphatic imine (C=N–C) groups is 1. The Morgan fingerprint density at radius 3 is 2.97 bits per heavy atom. The standard InChI is InChI=1S/C22H23ClN4O3/c1-22(9-14-10-24-11-18(28)26-21(14)25-13-22)8-7-19(29)27(2)12-17-20(23)15-5-3-4-6-16(15)30-17/h3-9,24H,10-13H2,1-2H3,(H,25,26,28)/b8-7+. The van der Waals surface area contributed by atoms with Crippen LogP contribution in [-0.4, -0.2) is 49.2 Å². The largest absolute Gasteiger partial charge is 0.458 e. The first-order valence-electron chi connectivity index (χ1n) is 9.72. The molecule has 0 aliphatic carbocycles. The molecule has 1 saturated heterocycles. The first-order chi connectivity index (χ1) is 14.3. The summed E-state index contributed by atoms with van der Waals surface area (Å²) in [6.07, 6.45) is 5.46. The second-order valence-corrected chi connectivity index (χ2v) is 8.23. The highest BCUT2D eigenvalue weighted by Gasteiger charge is 2.28. The van der Waals surface area contributed by atoms with Crippen LogP contribution < -0.4 is 10.6 Å². The first-order valence-corrected chi connectivity index (χ1v) is 10.1. The zero-order valence-corrected chi connectivity index (χ0v) is 17.6. The highest BCUT2D eigenvalue weighted by atomic mass is 35.5. The van der Waals surface area contributed by atoms with Crippen LogP contribution in [0.1, 0.15) is 12.7 Å². The molecular weight excluding hydrogens is 404 g/mol. The summed E-state index contributed by atoms with van der Waals surface area (Å²) in [5.41, 5.74) is 1.21. The van der Waals surface area contributed by atoms with Crippen molar-refractivity contribution in [2.45, 2.75) is 13.5 Å². The summed E-state index contributed by atoms with van der Waals surface area (Å²) in [6.45, 7) is 3.55. The van der Waals surface area contributed by atoms with E-state index < -0.39 is 5.41 Å². The van der Waals surface area contributed by atoms with Gasteiger partial charge in [0.2, 0.25) is 11.8 Å². The molecule has 0 spiro atoms. The van der Waals surface area contributed by atoms with E-state index in [2.05, 4.69) is 15.6 Å². The molecule has 2 aliphatic heterocycles. The molecule has 0 radical (unpaired) electrons. The van der Waals surface area contributed by atoms with Crippen molar-refractivity contribution in [1.82, 2.24) is 15.5 Å². The number of benzene rings is 1. The molecule has 1 aromatic heterocycles. The molecule has 0 bridgehead atoms. The van der Waals surface area contributed by atoms with Gasteiger partial charge in [0.15, 0.2) is 0 Å². The molecule has 7 nitrogen and oxygen atoms in total. The number of fused-ring (bicyclic) bond motifs is 2. The second kappa shape index (κ2) is 8.08. The quantitative estimate of drug-likeness (QED) is 0.736. The lowest BCUT2D eigenvalue weighted by molar-refractivity contribution is -0.125. The highest BCUT2D eigenvalue weighted by Crippen LogP contribution is 2.31. The monoisotopic (exact) mass is 426 g/mol. The highest BCUT2D eigenvalue weighted by molar-refractivity contribution is 6.36. The average Bonchev–Trinajstić information content (AvgIpc) is 2.91. The first kappa shape index (κ1) is 20.4. The lowest BCUT2D eigenvalue weighted by atomic mass is 9.85. The lowest BCUT2D eigenvalue weighted by Crippen LogP contribution is -2.35. The SMILES string of the molecule is CN(Cc1oc2ccccc2c1Cl)C(=O)/C=C/C1(C)C=C2CNCC(=O)NC2=NC1. The Hall–Kier alpha value is -2.90. The molecule has 1 fully saturated rings. The van der Waals surface area contributed by atoms with Crippen LogP contribution in [0, 0.1) is 5.41 Å². The summed E-state index contributed by atoms with van der Waals surface area (Å²) >= 11 is 6.41. The lowest BCUT2D eigenvalue weighted by Gasteiger charge is -2.27. The summed E-state index contributed by atoms with van der Waals surface area (Å²) in [6, 6.07) is 7.52. The predicted octanol–water partition coefficient (Wildman–Crippen LogP) is 2.67. The Morgan fingerprint density at radius 1 is 1.37 bits per heavy atom. The van der Waals surface area contributed by atoms with E-state index in [1.54, 1.807) is 18.0 Å². The van der Waals surface area contributed by atoms with Crippen molar-refractivity contribution in [3.8, 4) is 0 Å². The molecule has 3 heterocycles. The molecule has 4 rings (SSSR count). The number of rotatable bonds is 4. The number of hydrogen-bond acceptors (Lipinski definition) is 5. The molecule has 1 atom stereocenters. The molecule has 1 aromatic carbocycles. The maximum absolute atomic E-state index is 12.7. The van der Waals surface area contributed by atoms with Gasteiger partial charge >= 0.3 is 0 Å². The van der Waals surface area contributed by atoms with Gasteiger partial charge in [0.25, 0.3) is 0 Å². The fraction of sp³-hybridized carbons (Fsp3) is 0.318. The van der Waals surface area contributed by atoms with Crippen LogP contribution in [0.15, 0.2) is 57.5 Å². The molecule has 0 saturated carbocycles. The minimum atomic E-state index is -0.414. The Morgan fingerprint density at radius 2 is 2.17 bits per heavy atom. The third-order valence-electron chi connectivity index (χ3n) is 5.21. The predicted molar refractivity (Wildman–Crippen MR) is 116 cm³/mol. The molecule has 30 heavy (non-hydrogen) atoms. The van der Waals surface area contributed by atoms with Gasteiger partial charge in [-0.05, 0) is 12.1 Å². The number of para-hydroxylation sites is 1. The number of amidine groups is 1. The summed E-state index contributed by atoms with van der Waals surface area (Å²) in [7, 11) is 1.71. The van der Waals surface area contributed by atoms with Crippen LogP contribution in [0.3, 0.4) is 0 Å². The summed E-state index contributed by atoms with van der Waals surface area (Å²) < 4.78 is 5.80. The Bertz CT molecular complexity index is 1100. The maximum atomic E-state index is 12.7. The molecule has 1 unspecified atom stereocenters. The molecule has 2 N–H and O–H groups in total. The van der Waals surface area contributed by atoms with Crippen molar-refractivity contribution in [1.29, 1.82) is 0 Å². The van der Waals surface area contributed by atoms with E-state index in [4.69, 9.17) is 16.0 Å². The Balaban J connectivity index is 1.45. The van der Waals surface area contributed by atoms with Gasteiger partial charge in [0.1, 0.15) is 17.2 Å². The van der Waals surface area contributed by atoms with E-state index >= 15 is 0 Å². The maximum Gasteiger partial charge on any atom is 0.246 e. The number of carbonyl (C=O) groups is 2. The van der Waals surface area contributed by atoms with Crippen molar-refractivity contribution < 1.29 is 14.0 Å². The number of halogens is 1. The van der Waals surface area contributed by atoms with Gasteiger partial charge in [-0.1, -0.05) is 42.8 Å². The van der Waals surface area contributed by atoms with Crippen molar-refractivity contribution in [2.75, 3.05) is 26.7 Å². The minimum absolute atomic E-state index is 0.0997. The van der Waals surface area contributed by atoms with Crippen LogP contribution in [-0.2, 0) is 16.1 Å². The third-order valence-corrected chi connectivity index (χ3v) is 5.62. The molecule has 8 heteroatoms. The number of hydrogen-bond donors (Lipinski definition) is 2. The zero-order chi connectivity index (χ0) is 21.3. The van der Waals surface area contributed by atoms with Gasteiger partial charge in [-0.25, -0.2) is 0 Å². The minimum Gasteiger partial charge on any atom is -0.458 e. The Kier molecular flexibility index (Phi) is 5.49. The van der Waals surface area contributed by atoms with Gasteiger partial charge in [-0.3, -0.25) is 14.6 Å². The summed E-state index contributed by atoms with van der Waals surface area (Å²) in [4.78, 5) is 30.4. The fourth-order valence-electron chi connectivity index (χ4n) is 3.55. The number of likely N-dealkylation sites (N-methyl/N-ethyl adjacent to an activating group) is 1. The van der Waals surface area contributed by atoms with E-state index in [1.807, 2.05) is 43.3 Å². The van der Waals surface area contributed by atoms with Crippen molar-refractivity contribution >= 4 is 40.2 Å². The van der Waals surface area contributed by atoms with E-state index in [0.29, 0.717) is 35.3 Å². The molecule has 2 aromatic rings. The molecule has 2 aliphatic rings. The normalized spacial score (nSPS) is 21.6. The number of carbonyl (C=O) groups excluding carboxylic acids is 2. The number of furan rings is 1. The topological polar surface area (TPSA) is 86.9 Å². The molecular formula is C22H23ClN4O3. The number of nitrogens with one attached hydrogen (secondary N) is 2. The average molecular weight is 427 g/mol. The van der Waals surface area contributed by atoms with Crippen molar-refractivity contribution in [3.63, 3.8) is 0 Å². The van der Waals surface area contributed by atoms with Crippen LogP contribution in [0.25, 0.3) is 11.0 Å². The summed E-state index contributed by atoms with van der Waals surface area (Å²) in [5.74, 6) is 0.909. The molecule has 156 valence electrons. The van der Waals surface area contributed by atoms with E-state index in [9.17, 15) is 9.59 Å².